The molecule has 2 rings (SSSR count). The van der Waals surface area contributed by atoms with E-state index in [1.165, 1.54) is 0 Å². The molecule has 1 aliphatic rings. The van der Waals surface area contributed by atoms with E-state index in [2.05, 4.69) is 10.5 Å². The highest BCUT2D eigenvalue weighted by Crippen LogP contribution is 2.08. The number of rotatable bonds is 0. The Bertz CT molecular complexity index is 246. The highest BCUT2D eigenvalue weighted by Gasteiger charge is 2.14. The molecule has 0 fully saturated rings. The van der Waals surface area contributed by atoms with Crippen LogP contribution >= 0.6 is 0 Å². The van der Waals surface area contributed by atoms with Crippen LogP contribution in [0.15, 0.2) is 4.52 Å². The predicted molar refractivity (Wildman–Crippen MR) is 37.3 cm³/mol. The van der Waals surface area contributed by atoms with Gasteiger partial charge in [-0.05, 0) is 0 Å². The topological polar surface area (TPSA) is 38.1 Å². The molecule has 0 saturated carbocycles. The fourth-order valence-electron chi connectivity index (χ4n) is 1.16. The second kappa shape index (κ2) is 2.13. The highest BCUT2D eigenvalue weighted by molar-refractivity contribution is 6.31. The van der Waals surface area contributed by atoms with Crippen LogP contribution in [0.1, 0.15) is 11.3 Å². The fraction of sp³-hybridized carbons (Fsp3) is 0.500. The molecule has 10 heavy (non-hydrogen) atoms. The van der Waals surface area contributed by atoms with E-state index in [1.807, 2.05) is 0 Å². The predicted octanol–water partition coefficient (Wildman–Crippen LogP) is -0.886. The molecule has 1 aliphatic heterocycles. The van der Waals surface area contributed by atoms with E-state index in [4.69, 9.17) is 12.4 Å². The van der Waals surface area contributed by atoms with Crippen LogP contribution in [0.5, 0.6) is 0 Å². The lowest BCUT2D eigenvalue weighted by Gasteiger charge is -2.09. The van der Waals surface area contributed by atoms with Gasteiger partial charge in [0.1, 0.15) is 13.6 Å². The van der Waals surface area contributed by atoms with Crippen LogP contribution in [-0.2, 0) is 13.0 Å². The van der Waals surface area contributed by atoms with E-state index >= 15 is 0 Å². The van der Waals surface area contributed by atoms with Gasteiger partial charge in [0.05, 0.1) is 0 Å². The van der Waals surface area contributed by atoms with Crippen LogP contribution in [0, 0.1) is 0 Å². The van der Waals surface area contributed by atoms with E-state index in [1.54, 1.807) is 0 Å². The van der Waals surface area contributed by atoms with E-state index in [9.17, 15) is 0 Å². The highest BCUT2D eigenvalue weighted by atomic mass is 16.5. The van der Waals surface area contributed by atoms with Gasteiger partial charge in [0.2, 0.25) is 0 Å². The Morgan fingerprint density at radius 3 is 3.30 bits per heavy atom. The summed E-state index contributed by atoms with van der Waals surface area (Å²) in [7, 11) is 5.52. The first-order valence-electron chi connectivity index (χ1n) is 3.31. The number of fused-ring (bicyclic) bond motifs is 1. The standard InChI is InChI=1S/C6H7BN2O/c7-6-4-3-8-2-1-5(4)10-9-6/h8H,1-3H2. The monoisotopic (exact) mass is 134 g/mol. The Morgan fingerprint density at radius 1 is 1.60 bits per heavy atom. The fourth-order valence-corrected chi connectivity index (χ4v) is 1.16. The van der Waals surface area contributed by atoms with E-state index in [-0.39, 0.29) is 0 Å². The number of hydrogen-bond donors (Lipinski definition) is 1. The lowest BCUT2D eigenvalue weighted by molar-refractivity contribution is 0.375. The summed E-state index contributed by atoms with van der Waals surface area (Å²) in [4.78, 5) is 0. The van der Waals surface area contributed by atoms with E-state index in [0.717, 1.165) is 30.8 Å². The van der Waals surface area contributed by atoms with Crippen molar-refractivity contribution in [3.05, 3.63) is 11.3 Å². The van der Waals surface area contributed by atoms with Crippen molar-refractivity contribution in [3.8, 4) is 0 Å². The van der Waals surface area contributed by atoms with Crippen molar-refractivity contribution in [1.29, 1.82) is 0 Å². The van der Waals surface area contributed by atoms with Crippen molar-refractivity contribution in [3.63, 3.8) is 0 Å². The Balaban J connectivity index is 2.45. The van der Waals surface area contributed by atoms with Gasteiger partial charge in [-0.2, -0.15) is 0 Å². The van der Waals surface area contributed by atoms with Gasteiger partial charge in [0.25, 0.3) is 0 Å². The second-order valence-electron chi connectivity index (χ2n) is 2.40. The minimum Gasteiger partial charge on any atom is -0.362 e. The summed E-state index contributed by atoms with van der Waals surface area (Å²) in [5.74, 6) is 0.941. The maximum absolute atomic E-state index is 5.52. The van der Waals surface area contributed by atoms with Crippen LogP contribution in [0.2, 0.25) is 0 Å². The third-order valence-corrected chi connectivity index (χ3v) is 1.73. The lowest BCUT2D eigenvalue weighted by atomic mass is 9.96. The largest absolute Gasteiger partial charge is 0.362 e. The molecule has 4 heteroatoms. The summed E-state index contributed by atoms with van der Waals surface area (Å²) >= 11 is 0. The maximum atomic E-state index is 5.52. The van der Waals surface area contributed by atoms with Crippen molar-refractivity contribution in [2.24, 2.45) is 0 Å². The van der Waals surface area contributed by atoms with Crippen molar-refractivity contribution in [2.75, 3.05) is 6.54 Å². The van der Waals surface area contributed by atoms with Gasteiger partial charge in [-0.15, -0.1) is 0 Å². The van der Waals surface area contributed by atoms with Crippen molar-refractivity contribution >= 4 is 13.4 Å². The third kappa shape index (κ3) is 0.760. The number of hydrogen-bond acceptors (Lipinski definition) is 3. The number of nitrogens with one attached hydrogen (secondary N) is 1. The van der Waals surface area contributed by atoms with Crippen LogP contribution in [-0.4, -0.2) is 19.5 Å². The van der Waals surface area contributed by atoms with Gasteiger partial charge >= 0.3 is 0 Å². The van der Waals surface area contributed by atoms with Gasteiger partial charge in [-0.3, -0.25) is 0 Å². The molecule has 0 atom stereocenters. The normalized spacial score (nSPS) is 16.8. The van der Waals surface area contributed by atoms with Crippen LogP contribution < -0.4 is 10.9 Å². The van der Waals surface area contributed by atoms with Crippen LogP contribution in [0.4, 0.5) is 0 Å². The Kier molecular flexibility index (Phi) is 1.27. The molecule has 0 unspecified atom stereocenters. The van der Waals surface area contributed by atoms with Crippen LogP contribution in [0.3, 0.4) is 0 Å². The summed E-state index contributed by atoms with van der Waals surface area (Å²) in [6.45, 7) is 1.76. The molecule has 1 aromatic heterocycles. The summed E-state index contributed by atoms with van der Waals surface area (Å²) in [5, 5.41) is 6.85. The summed E-state index contributed by atoms with van der Waals surface area (Å²) in [6, 6.07) is 0. The lowest BCUT2D eigenvalue weighted by Crippen LogP contribution is -2.26. The third-order valence-electron chi connectivity index (χ3n) is 1.73. The van der Waals surface area contributed by atoms with Gasteiger partial charge in [-0.25, -0.2) is 0 Å². The molecule has 0 saturated heterocycles. The van der Waals surface area contributed by atoms with Crippen molar-refractivity contribution in [1.82, 2.24) is 10.5 Å². The SMILES string of the molecule is [B]c1noc2c1CNCC2. The molecular formula is C6H7BN2O. The van der Waals surface area contributed by atoms with Crippen molar-refractivity contribution in [2.45, 2.75) is 13.0 Å². The first-order chi connectivity index (χ1) is 4.88. The number of aromatic nitrogens is 1. The Morgan fingerprint density at radius 2 is 2.50 bits per heavy atom. The van der Waals surface area contributed by atoms with Crippen molar-refractivity contribution < 1.29 is 4.52 Å². The molecule has 2 heterocycles. The molecule has 50 valence electrons. The minimum absolute atomic E-state index is 0.530. The molecule has 0 aromatic carbocycles. The maximum Gasteiger partial charge on any atom is 0.147 e. The smallest absolute Gasteiger partial charge is 0.147 e. The van der Waals surface area contributed by atoms with Gasteiger partial charge < -0.3 is 9.84 Å². The van der Waals surface area contributed by atoms with Gasteiger partial charge in [-0.1, -0.05) is 5.16 Å². The second-order valence-corrected chi connectivity index (χ2v) is 2.40. The van der Waals surface area contributed by atoms with E-state index < -0.39 is 0 Å². The molecule has 0 bridgehead atoms. The average molecular weight is 134 g/mol. The molecular weight excluding hydrogens is 127 g/mol. The number of nitrogens with zero attached hydrogens (tertiary/aromatic N) is 1. The summed E-state index contributed by atoms with van der Waals surface area (Å²) in [6.07, 6.45) is 0.902. The quantitative estimate of drug-likeness (QED) is 0.468. The molecule has 0 aliphatic carbocycles. The molecule has 3 nitrogen and oxygen atoms in total. The average Bonchev–Trinajstić information content (AvgIpc) is 2.34. The molecule has 0 amide bonds. The first-order valence-corrected chi connectivity index (χ1v) is 3.31. The summed E-state index contributed by atoms with van der Waals surface area (Å²) in [5.41, 5.74) is 1.56. The van der Waals surface area contributed by atoms with Gasteiger partial charge in [0.15, 0.2) is 0 Å². The zero-order valence-electron chi connectivity index (χ0n) is 5.55. The molecule has 1 aromatic rings. The first kappa shape index (κ1) is 5.98. The van der Waals surface area contributed by atoms with Crippen LogP contribution in [0.25, 0.3) is 0 Å². The Hall–Kier alpha value is -0.765. The minimum atomic E-state index is 0.530. The zero-order valence-corrected chi connectivity index (χ0v) is 5.55. The summed E-state index contributed by atoms with van der Waals surface area (Å²) < 4.78 is 4.97. The molecule has 0 spiro atoms. The zero-order chi connectivity index (χ0) is 6.97. The van der Waals surface area contributed by atoms with E-state index in [0.29, 0.717) is 5.59 Å². The van der Waals surface area contributed by atoms with Gasteiger partial charge in [0, 0.05) is 30.7 Å². The Labute approximate surface area is 60.2 Å². The molecule has 2 radical (unpaired) electrons. The molecule has 1 N–H and O–H groups in total.